The molecule has 1 saturated heterocycles. The normalized spacial score (nSPS) is 24.2. The minimum Gasteiger partial charge on any atom is -0.496 e. The molecular formula is C13H19NO2. The zero-order chi connectivity index (χ0) is 11.5. The molecule has 2 unspecified atom stereocenters. The highest BCUT2D eigenvalue weighted by Gasteiger charge is 2.35. The zero-order valence-electron chi connectivity index (χ0n) is 10.1. The Kier molecular flexibility index (Phi) is 3.46. The van der Waals surface area contributed by atoms with Crippen LogP contribution in [0.15, 0.2) is 24.3 Å². The van der Waals surface area contributed by atoms with Gasteiger partial charge < -0.3 is 14.8 Å². The Morgan fingerprint density at radius 1 is 1.38 bits per heavy atom. The van der Waals surface area contributed by atoms with Gasteiger partial charge in [0.2, 0.25) is 0 Å². The third-order valence-corrected chi connectivity index (χ3v) is 2.81. The van der Waals surface area contributed by atoms with Gasteiger partial charge in [0.15, 0.2) is 0 Å². The van der Waals surface area contributed by atoms with Gasteiger partial charge in [-0.1, -0.05) is 32.0 Å². The van der Waals surface area contributed by atoms with E-state index in [9.17, 15) is 0 Å². The molecule has 2 rings (SSSR count). The molecule has 0 saturated carbocycles. The van der Waals surface area contributed by atoms with Crippen LogP contribution >= 0.6 is 0 Å². The first-order valence-electron chi connectivity index (χ1n) is 5.73. The number of methoxy groups -OCH3 is 1. The van der Waals surface area contributed by atoms with Gasteiger partial charge in [0.1, 0.15) is 11.9 Å². The second-order valence-corrected chi connectivity index (χ2v) is 4.42. The van der Waals surface area contributed by atoms with E-state index in [0.29, 0.717) is 12.1 Å². The number of benzene rings is 1. The third kappa shape index (κ3) is 2.20. The van der Waals surface area contributed by atoms with E-state index in [4.69, 9.17) is 9.47 Å². The largest absolute Gasteiger partial charge is 0.496 e. The van der Waals surface area contributed by atoms with Crippen molar-refractivity contribution in [3.63, 3.8) is 0 Å². The maximum absolute atomic E-state index is 5.63. The summed E-state index contributed by atoms with van der Waals surface area (Å²) in [7, 11) is 1.70. The average molecular weight is 221 g/mol. The Morgan fingerprint density at radius 2 is 2.12 bits per heavy atom. The molecule has 88 valence electrons. The van der Waals surface area contributed by atoms with Crippen LogP contribution in [-0.4, -0.2) is 25.8 Å². The molecule has 1 aliphatic rings. The molecule has 0 bridgehead atoms. The Balaban J connectivity index is 2.12. The first-order chi connectivity index (χ1) is 7.72. The van der Waals surface area contributed by atoms with E-state index < -0.39 is 0 Å². The summed E-state index contributed by atoms with van der Waals surface area (Å²) in [5, 5.41) is 3.50. The minimum absolute atomic E-state index is 0.124. The molecule has 0 radical (unpaired) electrons. The number of hydrogen-bond acceptors (Lipinski definition) is 3. The molecule has 2 atom stereocenters. The van der Waals surface area contributed by atoms with E-state index in [2.05, 4.69) is 25.2 Å². The van der Waals surface area contributed by atoms with Crippen molar-refractivity contribution in [2.75, 3.05) is 13.7 Å². The molecule has 0 aliphatic carbocycles. The molecule has 16 heavy (non-hydrogen) atoms. The topological polar surface area (TPSA) is 30.5 Å². The van der Waals surface area contributed by atoms with Gasteiger partial charge in [-0.2, -0.15) is 0 Å². The molecule has 0 amide bonds. The molecule has 3 heteroatoms. The Hall–Kier alpha value is -1.06. The van der Waals surface area contributed by atoms with Crippen LogP contribution in [0.3, 0.4) is 0 Å². The fraction of sp³-hybridized carbons (Fsp3) is 0.538. The van der Waals surface area contributed by atoms with Gasteiger partial charge in [0.25, 0.3) is 0 Å². The minimum atomic E-state index is 0.124. The first-order valence-corrected chi connectivity index (χ1v) is 5.73. The number of nitrogens with one attached hydrogen (secondary N) is 1. The lowest BCUT2D eigenvalue weighted by Gasteiger charge is -2.39. The second kappa shape index (κ2) is 4.85. The summed E-state index contributed by atoms with van der Waals surface area (Å²) in [6, 6.07) is 8.92. The monoisotopic (exact) mass is 221 g/mol. The van der Waals surface area contributed by atoms with Gasteiger partial charge >= 0.3 is 0 Å². The summed E-state index contributed by atoms with van der Waals surface area (Å²) in [6.45, 7) is 5.08. The first kappa shape index (κ1) is 11.4. The zero-order valence-corrected chi connectivity index (χ0v) is 10.1. The van der Waals surface area contributed by atoms with Crippen molar-refractivity contribution in [3.8, 4) is 5.75 Å². The van der Waals surface area contributed by atoms with Gasteiger partial charge in [0.05, 0.1) is 19.8 Å². The number of rotatable bonds is 4. The Morgan fingerprint density at radius 3 is 2.69 bits per heavy atom. The standard InChI is InChI=1S/C13H19NO2/c1-9(2)14-11-8-16-13(11)10-6-4-5-7-12(10)15-3/h4-7,9,11,13-14H,8H2,1-3H3. The van der Waals surface area contributed by atoms with E-state index in [0.717, 1.165) is 17.9 Å². The van der Waals surface area contributed by atoms with Gasteiger partial charge in [-0.3, -0.25) is 0 Å². The van der Waals surface area contributed by atoms with Crippen molar-refractivity contribution >= 4 is 0 Å². The van der Waals surface area contributed by atoms with Crippen LogP contribution in [0.25, 0.3) is 0 Å². The molecule has 0 spiro atoms. The van der Waals surface area contributed by atoms with E-state index in [1.807, 2.05) is 18.2 Å². The van der Waals surface area contributed by atoms with Crippen molar-refractivity contribution in [2.45, 2.75) is 32.0 Å². The number of hydrogen-bond donors (Lipinski definition) is 1. The molecule has 1 aromatic carbocycles. The SMILES string of the molecule is COc1ccccc1C1OCC1NC(C)C. The predicted octanol–water partition coefficient (Wildman–Crippen LogP) is 2.13. The fourth-order valence-corrected chi connectivity index (χ4v) is 2.06. The van der Waals surface area contributed by atoms with Crippen LogP contribution in [0.1, 0.15) is 25.5 Å². The van der Waals surface area contributed by atoms with Gasteiger partial charge in [-0.25, -0.2) is 0 Å². The van der Waals surface area contributed by atoms with Gasteiger partial charge in [-0.05, 0) is 6.07 Å². The smallest absolute Gasteiger partial charge is 0.124 e. The second-order valence-electron chi connectivity index (χ2n) is 4.42. The van der Waals surface area contributed by atoms with Crippen LogP contribution in [0.5, 0.6) is 5.75 Å². The third-order valence-electron chi connectivity index (χ3n) is 2.81. The number of para-hydroxylation sites is 1. The van der Waals surface area contributed by atoms with E-state index in [-0.39, 0.29) is 6.10 Å². The highest BCUT2D eigenvalue weighted by atomic mass is 16.5. The predicted molar refractivity (Wildman–Crippen MR) is 63.7 cm³/mol. The average Bonchev–Trinajstić information content (AvgIpc) is 2.25. The highest BCUT2D eigenvalue weighted by molar-refractivity contribution is 5.36. The van der Waals surface area contributed by atoms with Crippen LogP contribution < -0.4 is 10.1 Å². The summed E-state index contributed by atoms with van der Waals surface area (Å²) in [6.07, 6.45) is 0.124. The van der Waals surface area contributed by atoms with Gasteiger partial charge in [-0.15, -0.1) is 0 Å². The van der Waals surface area contributed by atoms with Gasteiger partial charge in [0, 0.05) is 11.6 Å². The number of ether oxygens (including phenoxy) is 2. The lowest BCUT2D eigenvalue weighted by atomic mass is 9.97. The molecule has 1 fully saturated rings. The summed E-state index contributed by atoms with van der Waals surface area (Å²) in [4.78, 5) is 0. The molecule has 0 aromatic heterocycles. The summed E-state index contributed by atoms with van der Waals surface area (Å²) >= 11 is 0. The Bertz CT molecular complexity index is 352. The maximum Gasteiger partial charge on any atom is 0.124 e. The van der Waals surface area contributed by atoms with Crippen molar-refractivity contribution in [2.24, 2.45) is 0 Å². The summed E-state index contributed by atoms with van der Waals surface area (Å²) < 4.78 is 11.0. The summed E-state index contributed by atoms with van der Waals surface area (Å²) in [5.41, 5.74) is 1.13. The van der Waals surface area contributed by atoms with E-state index >= 15 is 0 Å². The van der Waals surface area contributed by atoms with Crippen molar-refractivity contribution < 1.29 is 9.47 Å². The molecular weight excluding hydrogens is 202 g/mol. The highest BCUT2D eigenvalue weighted by Crippen LogP contribution is 2.35. The van der Waals surface area contributed by atoms with Crippen LogP contribution in [0, 0.1) is 0 Å². The molecule has 1 aliphatic heterocycles. The van der Waals surface area contributed by atoms with Crippen LogP contribution in [-0.2, 0) is 4.74 Å². The quantitative estimate of drug-likeness (QED) is 0.845. The lowest BCUT2D eigenvalue weighted by molar-refractivity contribution is -0.0931. The van der Waals surface area contributed by atoms with E-state index in [1.165, 1.54) is 0 Å². The maximum atomic E-state index is 5.63. The lowest BCUT2D eigenvalue weighted by Crippen LogP contribution is -2.51. The van der Waals surface area contributed by atoms with Crippen LogP contribution in [0.2, 0.25) is 0 Å². The summed E-state index contributed by atoms with van der Waals surface area (Å²) in [5.74, 6) is 0.905. The molecule has 1 aromatic rings. The fourth-order valence-electron chi connectivity index (χ4n) is 2.06. The van der Waals surface area contributed by atoms with Crippen LogP contribution in [0.4, 0.5) is 0 Å². The Labute approximate surface area is 96.8 Å². The van der Waals surface area contributed by atoms with E-state index in [1.54, 1.807) is 7.11 Å². The van der Waals surface area contributed by atoms with Crippen molar-refractivity contribution in [1.82, 2.24) is 5.32 Å². The van der Waals surface area contributed by atoms with Crippen molar-refractivity contribution in [1.29, 1.82) is 0 Å². The van der Waals surface area contributed by atoms with Crippen molar-refractivity contribution in [3.05, 3.63) is 29.8 Å². The molecule has 1 heterocycles. The molecule has 3 nitrogen and oxygen atoms in total. The molecule has 1 N–H and O–H groups in total.